The van der Waals surface area contributed by atoms with Gasteiger partial charge in [-0.15, -0.1) is 0 Å². The first-order chi connectivity index (χ1) is 7.12. The molecule has 0 aliphatic carbocycles. The molecular formula is C13H27NO. The summed E-state index contributed by atoms with van der Waals surface area (Å²) in [5.41, 5.74) is 0.0468. The summed E-state index contributed by atoms with van der Waals surface area (Å²) in [6, 6.07) is 0. The third-order valence-electron chi connectivity index (χ3n) is 2.87. The maximum Gasteiger partial charge on any atom is 0.154 e. The molecule has 15 heavy (non-hydrogen) atoms. The van der Waals surface area contributed by atoms with E-state index in [9.17, 15) is 5.21 Å². The zero-order valence-corrected chi connectivity index (χ0v) is 10.6. The summed E-state index contributed by atoms with van der Waals surface area (Å²) in [6.07, 6.45) is 12.1. The molecule has 0 aromatic carbocycles. The summed E-state index contributed by atoms with van der Waals surface area (Å²) < 4.78 is 0. The van der Waals surface area contributed by atoms with Gasteiger partial charge in [0.1, 0.15) is 0 Å². The van der Waals surface area contributed by atoms with Gasteiger partial charge in [0, 0.05) is 5.41 Å². The van der Waals surface area contributed by atoms with E-state index in [1.54, 1.807) is 6.21 Å². The maximum atomic E-state index is 10.2. The first-order valence-corrected chi connectivity index (χ1v) is 6.34. The Morgan fingerprint density at radius 3 is 2.07 bits per heavy atom. The monoisotopic (exact) mass is 213 g/mol. The van der Waals surface area contributed by atoms with Crippen molar-refractivity contribution in [3.8, 4) is 0 Å². The minimum absolute atomic E-state index is 0.0468. The fourth-order valence-electron chi connectivity index (χ4n) is 1.77. The Labute approximate surface area is 94.8 Å². The van der Waals surface area contributed by atoms with Crippen LogP contribution in [0.2, 0.25) is 0 Å². The topological polar surface area (TPSA) is 37.0 Å². The van der Waals surface area contributed by atoms with Crippen LogP contribution in [0.3, 0.4) is 0 Å². The fraction of sp³-hybridized carbons (Fsp3) is 0.923. The van der Waals surface area contributed by atoms with E-state index in [0.29, 0.717) is 0 Å². The molecule has 0 aliphatic heterocycles. The van der Waals surface area contributed by atoms with Crippen molar-refractivity contribution < 1.29 is 5.16 Å². The molecule has 0 fully saturated rings. The van der Waals surface area contributed by atoms with Gasteiger partial charge in [-0.25, -0.2) is 5.16 Å². The number of rotatable bonds is 9. The van der Waals surface area contributed by atoms with Gasteiger partial charge < -0.3 is 5.21 Å². The van der Waals surface area contributed by atoms with Gasteiger partial charge in [-0.2, -0.15) is 0 Å². The Kier molecular flexibility index (Phi) is 8.44. The molecule has 90 valence electrons. The summed E-state index contributed by atoms with van der Waals surface area (Å²) in [5, 5.41) is 12.1. The van der Waals surface area contributed by atoms with Crippen molar-refractivity contribution in [2.45, 2.75) is 72.1 Å². The molecule has 0 bridgehead atoms. The van der Waals surface area contributed by atoms with E-state index < -0.39 is 0 Å². The zero-order valence-electron chi connectivity index (χ0n) is 10.6. The molecule has 0 saturated heterocycles. The van der Waals surface area contributed by atoms with E-state index >= 15 is 0 Å². The summed E-state index contributed by atoms with van der Waals surface area (Å²) >= 11 is 0. The fourth-order valence-corrected chi connectivity index (χ4v) is 1.77. The second kappa shape index (κ2) is 8.75. The lowest BCUT2D eigenvalue weighted by Gasteiger charge is -2.15. The minimum atomic E-state index is 0.0468. The summed E-state index contributed by atoms with van der Waals surface area (Å²) in [6.45, 7) is 6.46. The molecule has 2 heteroatoms. The van der Waals surface area contributed by atoms with Gasteiger partial charge in [0.05, 0.1) is 0 Å². The zero-order chi connectivity index (χ0) is 11.6. The molecule has 1 N–H and O–H groups in total. The van der Waals surface area contributed by atoms with Crippen LogP contribution in [0.15, 0.2) is 0 Å². The molecule has 0 heterocycles. The van der Waals surface area contributed by atoms with Gasteiger partial charge in [0.15, 0.2) is 6.21 Å². The van der Waals surface area contributed by atoms with Gasteiger partial charge in [0.25, 0.3) is 0 Å². The third-order valence-corrected chi connectivity index (χ3v) is 2.87. The molecule has 2 nitrogen and oxygen atoms in total. The highest BCUT2D eigenvalue weighted by Crippen LogP contribution is 2.20. The second-order valence-corrected chi connectivity index (χ2v) is 5.12. The molecule has 0 aliphatic rings. The third kappa shape index (κ3) is 9.77. The Morgan fingerprint density at radius 2 is 1.53 bits per heavy atom. The molecule has 0 radical (unpaired) electrons. The minimum Gasteiger partial charge on any atom is -0.626 e. The van der Waals surface area contributed by atoms with Gasteiger partial charge in [-0.1, -0.05) is 65.7 Å². The lowest BCUT2D eigenvalue weighted by molar-refractivity contribution is -0.372. The van der Waals surface area contributed by atoms with Crippen LogP contribution in [-0.4, -0.2) is 6.21 Å². The van der Waals surface area contributed by atoms with Crippen molar-refractivity contribution in [1.29, 1.82) is 0 Å². The highest BCUT2D eigenvalue weighted by atomic mass is 16.4. The van der Waals surface area contributed by atoms with Crippen molar-refractivity contribution in [2.24, 2.45) is 5.41 Å². The quantitative estimate of drug-likeness (QED) is 0.272. The van der Waals surface area contributed by atoms with E-state index in [1.165, 1.54) is 44.9 Å². The molecule has 0 saturated carbocycles. The van der Waals surface area contributed by atoms with Gasteiger partial charge >= 0.3 is 0 Å². The highest BCUT2D eigenvalue weighted by molar-refractivity contribution is 5.58. The van der Waals surface area contributed by atoms with Crippen LogP contribution in [0.5, 0.6) is 0 Å². The molecule has 0 rings (SSSR count). The van der Waals surface area contributed by atoms with Crippen LogP contribution in [0.4, 0.5) is 0 Å². The Balaban J connectivity index is 3.30. The van der Waals surface area contributed by atoms with Crippen LogP contribution in [0, 0.1) is 10.6 Å². The molecule has 0 aromatic heterocycles. The number of hydrogen-bond acceptors (Lipinski definition) is 1. The van der Waals surface area contributed by atoms with Gasteiger partial charge in [0.2, 0.25) is 0 Å². The molecule has 0 unspecified atom stereocenters. The Morgan fingerprint density at radius 1 is 1.00 bits per heavy atom. The van der Waals surface area contributed by atoms with Gasteiger partial charge in [-0.05, 0) is 6.42 Å². The SMILES string of the molecule is CCCCCCCCCC(C)(C)C=[NH+][O-]. The van der Waals surface area contributed by atoms with Crippen LogP contribution in [-0.2, 0) is 0 Å². The van der Waals surface area contributed by atoms with Crippen LogP contribution >= 0.6 is 0 Å². The van der Waals surface area contributed by atoms with Gasteiger partial charge in [-0.3, -0.25) is 0 Å². The summed E-state index contributed by atoms with van der Waals surface area (Å²) in [5.74, 6) is 0. The molecular weight excluding hydrogens is 186 g/mol. The van der Waals surface area contributed by atoms with Crippen LogP contribution in [0.1, 0.15) is 72.1 Å². The normalized spacial score (nSPS) is 12.5. The Bertz CT molecular complexity index is 164. The smallest absolute Gasteiger partial charge is 0.154 e. The summed E-state index contributed by atoms with van der Waals surface area (Å²) in [4.78, 5) is 0. The maximum absolute atomic E-state index is 10.2. The summed E-state index contributed by atoms with van der Waals surface area (Å²) in [7, 11) is 0. The van der Waals surface area contributed by atoms with E-state index in [-0.39, 0.29) is 5.41 Å². The molecule has 0 aromatic rings. The second-order valence-electron chi connectivity index (χ2n) is 5.12. The first-order valence-electron chi connectivity index (χ1n) is 6.34. The van der Waals surface area contributed by atoms with Crippen LogP contribution in [0.25, 0.3) is 0 Å². The molecule has 0 spiro atoms. The molecule has 0 amide bonds. The lowest BCUT2D eigenvalue weighted by Crippen LogP contribution is -2.63. The van der Waals surface area contributed by atoms with E-state index in [1.807, 2.05) is 5.16 Å². The van der Waals surface area contributed by atoms with Crippen molar-refractivity contribution in [3.63, 3.8) is 0 Å². The van der Waals surface area contributed by atoms with Crippen LogP contribution < -0.4 is 5.16 Å². The average Bonchev–Trinajstić information content (AvgIpc) is 2.16. The number of unbranched alkanes of at least 4 members (excludes halogenated alkanes) is 6. The lowest BCUT2D eigenvalue weighted by atomic mass is 9.88. The van der Waals surface area contributed by atoms with Crippen molar-refractivity contribution in [3.05, 3.63) is 5.21 Å². The number of hydrogen-bond donors (Lipinski definition) is 1. The first kappa shape index (κ1) is 14.5. The van der Waals surface area contributed by atoms with Crippen molar-refractivity contribution in [2.75, 3.05) is 0 Å². The molecule has 0 atom stereocenters. The highest BCUT2D eigenvalue weighted by Gasteiger charge is 2.16. The van der Waals surface area contributed by atoms with E-state index in [0.717, 1.165) is 6.42 Å². The Hall–Kier alpha value is -0.530. The average molecular weight is 213 g/mol. The van der Waals surface area contributed by atoms with E-state index in [2.05, 4.69) is 20.8 Å². The predicted octanol–water partition coefficient (Wildman–Crippen LogP) is 2.80. The largest absolute Gasteiger partial charge is 0.626 e. The number of nitrogens with one attached hydrogen (secondary N) is 1. The van der Waals surface area contributed by atoms with Crippen molar-refractivity contribution in [1.82, 2.24) is 0 Å². The van der Waals surface area contributed by atoms with E-state index in [4.69, 9.17) is 0 Å². The predicted molar refractivity (Wildman–Crippen MR) is 66.8 cm³/mol. The standard InChI is InChI=1S/C13H27NO/c1-4-5-6-7-8-9-10-11-13(2,3)12-14-15/h12,14H,4-11H2,1-3H3. The van der Waals surface area contributed by atoms with Crippen molar-refractivity contribution >= 4 is 6.21 Å².